The van der Waals surface area contributed by atoms with Gasteiger partial charge in [0.2, 0.25) is 0 Å². The number of hydrogen-bond donors (Lipinski definition) is 0. The fourth-order valence-electron chi connectivity index (χ4n) is 2.40. The van der Waals surface area contributed by atoms with E-state index >= 15 is 0 Å². The zero-order valence-electron chi connectivity index (χ0n) is 14.0. The second kappa shape index (κ2) is 6.62. The van der Waals surface area contributed by atoms with E-state index in [1.165, 1.54) is 29.2 Å². The highest BCUT2D eigenvalue weighted by molar-refractivity contribution is 5.92. The summed E-state index contributed by atoms with van der Waals surface area (Å²) in [5.41, 5.74) is -0.265. The smallest absolute Gasteiger partial charge is 0.343 e. The van der Waals surface area contributed by atoms with Gasteiger partial charge >= 0.3 is 6.18 Å². The second-order valence-corrected chi connectivity index (χ2v) is 5.77. The third-order valence-corrected chi connectivity index (χ3v) is 3.64. The number of pyridine rings is 1. The van der Waals surface area contributed by atoms with Crippen molar-refractivity contribution in [3.05, 3.63) is 66.0 Å². The maximum Gasteiger partial charge on any atom is 0.433 e. The minimum Gasteiger partial charge on any atom is -0.343 e. The zero-order valence-corrected chi connectivity index (χ0v) is 14.0. The van der Waals surface area contributed by atoms with Gasteiger partial charge in [-0.25, -0.2) is 9.67 Å². The molecule has 0 fully saturated rings. The van der Waals surface area contributed by atoms with E-state index in [0.717, 1.165) is 10.7 Å². The van der Waals surface area contributed by atoms with Crippen LogP contribution in [0.5, 0.6) is 0 Å². The molecule has 134 valence electrons. The van der Waals surface area contributed by atoms with Crippen LogP contribution < -0.4 is 0 Å². The molecule has 0 saturated heterocycles. The third-order valence-electron chi connectivity index (χ3n) is 3.64. The molecule has 0 unspecified atom stereocenters. The van der Waals surface area contributed by atoms with Gasteiger partial charge in [-0.2, -0.15) is 18.3 Å². The molecule has 5 nitrogen and oxygen atoms in total. The molecule has 3 rings (SSSR count). The van der Waals surface area contributed by atoms with E-state index in [-0.39, 0.29) is 28.7 Å². The molecule has 1 amide bonds. The molecule has 0 aliphatic rings. The predicted octanol–water partition coefficient (Wildman–Crippen LogP) is 3.65. The summed E-state index contributed by atoms with van der Waals surface area (Å²) in [5, 5.41) is 4.07. The number of hydrogen-bond acceptors (Lipinski definition) is 3. The molecular weight excluding hydrogens is 345 g/mol. The van der Waals surface area contributed by atoms with Crippen LogP contribution in [0.2, 0.25) is 0 Å². The Morgan fingerprint density at radius 1 is 1.00 bits per heavy atom. The van der Waals surface area contributed by atoms with Crippen LogP contribution >= 0.6 is 0 Å². The Balaban J connectivity index is 2.12. The number of benzene rings is 1. The van der Waals surface area contributed by atoms with Crippen LogP contribution in [0.4, 0.5) is 13.2 Å². The summed E-state index contributed by atoms with van der Waals surface area (Å²) in [6, 6.07) is 13.6. The average molecular weight is 360 g/mol. The highest BCUT2D eigenvalue weighted by Gasteiger charge is 2.36. The first-order valence-electron chi connectivity index (χ1n) is 7.69. The Morgan fingerprint density at radius 3 is 2.31 bits per heavy atom. The molecule has 0 N–H and O–H groups in total. The SMILES string of the molecule is CN(C)C(=O)c1cccc(-c2cc(C(F)(F)F)n(-c3ccccc3)n2)n1. The van der Waals surface area contributed by atoms with E-state index in [4.69, 9.17) is 0 Å². The summed E-state index contributed by atoms with van der Waals surface area (Å²) in [6.45, 7) is 0. The molecular formula is C18H15F3N4O. The number of aromatic nitrogens is 3. The number of carbonyl (C=O) groups excluding carboxylic acids is 1. The lowest BCUT2D eigenvalue weighted by Crippen LogP contribution is -2.22. The van der Waals surface area contributed by atoms with Gasteiger partial charge in [-0.05, 0) is 30.3 Å². The van der Waals surface area contributed by atoms with Crippen molar-refractivity contribution in [2.75, 3.05) is 14.1 Å². The van der Waals surface area contributed by atoms with Gasteiger partial charge in [0, 0.05) is 14.1 Å². The lowest BCUT2D eigenvalue weighted by Gasteiger charge is -2.09. The monoisotopic (exact) mass is 360 g/mol. The molecule has 8 heteroatoms. The maximum atomic E-state index is 13.4. The average Bonchev–Trinajstić information content (AvgIpc) is 3.08. The van der Waals surface area contributed by atoms with Crippen LogP contribution in [0.3, 0.4) is 0 Å². The van der Waals surface area contributed by atoms with Crippen LogP contribution in [-0.2, 0) is 6.18 Å². The molecule has 0 aliphatic carbocycles. The summed E-state index contributed by atoms with van der Waals surface area (Å²) in [4.78, 5) is 17.5. The van der Waals surface area contributed by atoms with Gasteiger partial charge in [0.05, 0.1) is 11.4 Å². The van der Waals surface area contributed by atoms with Gasteiger partial charge in [0.15, 0.2) is 0 Å². The Hall–Kier alpha value is -3.16. The number of nitrogens with zero attached hydrogens (tertiary/aromatic N) is 4. The Labute approximate surface area is 147 Å². The molecule has 2 aromatic heterocycles. The summed E-state index contributed by atoms with van der Waals surface area (Å²) in [7, 11) is 3.14. The third kappa shape index (κ3) is 3.44. The first-order chi connectivity index (χ1) is 12.3. The number of rotatable bonds is 3. The van der Waals surface area contributed by atoms with E-state index in [2.05, 4.69) is 10.1 Å². The van der Waals surface area contributed by atoms with Gasteiger partial charge < -0.3 is 4.90 Å². The van der Waals surface area contributed by atoms with Crippen molar-refractivity contribution in [2.24, 2.45) is 0 Å². The van der Waals surface area contributed by atoms with Crippen molar-refractivity contribution in [3.8, 4) is 17.1 Å². The second-order valence-electron chi connectivity index (χ2n) is 5.77. The van der Waals surface area contributed by atoms with Gasteiger partial charge in [0.1, 0.15) is 17.1 Å². The van der Waals surface area contributed by atoms with E-state index in [1.807, 2.05) is 0 Å². The van der Waals surface area contributed by atoms with Crippen LogP contribution in [0, 0.1) is 0 Å². The zero-order chi connectivity index (χ0) is 18.9. The van der Waals surface area contributed by atoms with Crippen molar-refractivity contribution in [1.82, 2.24) is 19.7 Å². The fourth-order valence-corrected chi connectivity index (χ4v) is 2.40. The normalized spacial score (nSPS) is 11.4. The van der Waals surface area contributed by atoms with Gasteiger partial charge in [-0.3, -0.25) is 4.79 Å². The molecule has 0 bridgehead atoms. The maximum absolute atomic E-state index is 13.4. The van der Waals surface area contributed by atoms with Gasteiger partial charge in [0.25, 0.3) is 5.91 Å². The fraction of sp³-hybridized carbons (Fsp3) is 0.167. The summed E-state index contributed by atoms with van der Waals surface area (Å²) in [5.74, 6) is -0.342. The van der Waals surface area contributed by atoms with E-state index < -0.39 is 11.9 Å². The minimum atomic E-state index is -4.59. The number of halogens is 3. The lowest BCUT2D eigenvalue weighted by atomic mass is 10.2. The van der Waals surface area contributed by atoms with Crippen LogP contribution in [0.25, 0.3) is 17.1 Å². The van der Waals surface area contributed by atoms with Crippen molar-refractivity contribution in [2.45, 2.75) is 6.18 Å². The van der Waals surface area contributed by atoms with Crippen LogP contribution in [0.1, 0.15) is 16.2 Å². The van der Waals surface area contributed by atoms with Crippen LogP contribution in [0.15, 0.2) is 54.6 Å². The summed E-state index contributed by atoms with van der Waals surface area (Å²) in [6.07, 6.45) is -4.59. The molecule has 0 spiro atoms. The number of para-hydroxylation sites is 1. The number of alkyl halides is 3. The molecule has 0 aliphatic heterocycles. The molecule has 0 atom stereocenters. The molecule has 3 aromatic rings. The van der Waals surface area contributed by atoms with Crippen molar-refractivity contribution >= 4 is 5.91 Å². The number of amides is 1. The molecule has 2 heterocycles. The van der Waals surface area contributed by atoms with Crippen molar-refractivity contribution < 1.29 is 18.0 Å². The molecule has 0 saturated carbocycles. The summed E-state index contributed by atoms with van der Waals surface area (Å²) < 4.78 is 41.1. The highest BCUT2D eigenvalue weighted by Crippen LogP contribution is 2.33. The quantitative estimate of drug-likeness (QED) is 0.716. The standard InChI is InChI=1S/C18H15F3N4O/c1-24(2)17(26)14-10-6-9-13(22-14)15-11-16(18(19,20)21)25(23-15)12-7-4-3-5-8-12/h3-11H,1-2H3. The van der Waals surface area contributed by atoms with Gasteiger partial charge in [-0.15, -0.1) is 0 Å². The lowest BCUT2D eigenvalue weighted by molar-refractivity contribution is -0.142. The Bertz CT molecular complexity index is 933. The molecule has 1 aromatic carbocycles. The molecule has 26 heavy (non-hydrogen) atoms. The van der Waals surface area contributed by atoms with E-state index in [1.54, 1.807) is 38.4 Å². The van der Waals surface area contributed by atoms with Crippen LogP contribution in [-0.4, -0.2) is 39.7 Å². The van der Waals surface area contributed by atoms with Crippen molar-refractivity contribution in [3.63, 3.8) is 0 Å². The topological polar surface area (TPSA) is 51.0 Å². The molecule has 0 radical (unpaired) electrons. The first kappa shape index (κ1) is 17.7. The predicted molar refractivity (Wildman–Crippen MR) is 89.8 cm³/mol. The summed E-state index contributed by atoms with van der Waals surface area (Å²) >= 11 is 0. The highest BCUT2D eigenvalue weighted by atomic mass is 19.4. The number of carbonyl (C=O) groups is 1. The largest absolute Gasteiger partial charge is 0.433 e. The van der Waals surface area contributed by atoms with Gasteiger partial charge in [-0.1, -0.05) is 24.3 Å². The first-order valence-corrected chi connectivity index (χ1v) is 7.69. The van der Waals surface area contributed by atoms with E-state index in [0.29, 0.717) is 0 Å². The minimum absolute atomic E-state index is 0.0367. The Kier molecular flexibility index (Phi) is 4.50. The van der Waals surface area contributed by atoms with Crippen molar-refractivity contribution in [1.29, 1.82) is 0 Å². The Morgan fingerprint density at radius 2 is 1.69 bits per heavy atom. The van der Waals surface area contributed by atoms with E-state index in [9.17, 15) is 18.0 Å².